The quantitative estimate of drug-likeness (QED) is 0.585. The van der Waals surface area contributed by atoms with Gasteiger partial charge in [0.2, 0.25) is 0 Å². The van der Waals surface area contributed by atoms with Gasteiger partial charge in [-0.25, -0.2) is 0 Å². The topological polar surface area (TPSA) is 64.7 Å². The highest BCUT2D eigenvalue weighted by atomic mass is 16.5. The summed E-state index contributed by atoms with van der Waals surface area (Å²) in [4.78, 5) is 15.8. The lowest BCUT2D eigenvalue weighted by molar-refractivity contribution is -0.145. The van der Waals surface area contributed by atoms with E-state index in [0.29, 0.717) is 6.04 Å². The van der Waals surface area contributed by atoms with E-state index >= 15 is 0 Å². The van der Waals surface area contributed by atoms with Crippen LogP contribution in [0.4, 0.5) is 0 Å². The minimum absolute atomic E-state index is 0.0118. The van der Waals surface area contributed by atoms with Crippen LogP contribution in [0.3, 0.4) is 0 Å². The van der Waals surface area contributed by atoms with Gasteiger partial charge in [0.05, 0.1) is 24.9 Å². The van der Waals surface area contributed by atoms with Gasteiger partial charge in [0.15, 0.2) is 0 Å². The molecule has 1 rings (SSSR count). The summed E-state index contributed by atoms with van der Waals surface area (Å²) in [6.45, 7) is 1.92. The summed E-state index contributed by atoms with van der Waals surface area (Å²) in [6, 6.07) is 0.404. The Kier molecular flexibility index (Phi) is 6.76. The molecule has 0 radical (unpaired) electrons. The van der Waals surface area contributed by atoms with Crippen LogP contribution in [0.5, 0.6) is 0 Å². The average molecular weight is 254 g/mol. The molecule has 0 aromatic rings. The Morgan fingerprint density at radius 3 is 3.00 bits per heavy atom. The molecule has 2 atom stereocenters. The number of nitrogens with zero attached hydrogens (tertiary/aromatic N) is 1. The fourth-order valence-electron chi connectivity index (χ4n) is 2.41. The summed E-state index contributed by atoms with van der Waals surface area (Å²) in [7, 11) is 1.45. The lowest BCUT2D eigenvalue weighted by Crippen LogP contribution is -2.14. The highest BCUT2D eigenvalue weighted by Gasteiger charge is 2.14. The molecule has 0 saturated carbocycles. The number of esters is 1. The number of carbonyl (C=O) groups excluding carboxylic acids is 1. The summed E-state index contributed by atoms with van der Waals surface area (Å²) >= 11 is 0. The number of nitrogens with two attached hydrogens (primary N) is 1. The second-order valence-corrected chi connectivity index (χ2v) is 5.23. The maximum atomic E-state index is 11.2. The van der Waals surface area contributed by atoms with Gasteiger partial charge in [-0.3, -0.25) is 9.79 Å². The fraction of sp³-hybridized carbons (Fsp3) is 0.857. The lowest BCUT2D eigenvalue weighted by Gasteiger charge is -2.12. The Hall–Kier alpha value is -1.06. The van der Waals surface area contributed by atoms with Crippen LogP contribution in [0.15, 0.2) is 4.99 Å². The van der Waals surface area contributed by atoms with Gasteiger partial charge in [-0.05, 0) is 25.7 Å². The number of amidine groups is 1. The number of ether oxygens (including phenoxy) is 1. The molecular weight excluding hydrogens is 228 g/mol. The molecule has 0 bridgehead atoms. The van der Waals surface area contributed by atoms with Gasteiger partial charge < -0.3 is 10.5 Å². The highest BCUT2D eigenvalue weighted by Crippen LogP contribution is 2.19. The summed E-state index contributed by atoms with van der Waals surface area (Å²) < 4.78 is 4.71. The Morgan fingerprint density at radius 2 is 2.28 bits per heavy atom. The maximum absolute atomic E-state index is 11.2. The lowest BCUT2D eigenvalue weighted by atomic mass is 10.00. The van der Waals surface area contributed by atoms with Crippen molar-refractivity contribution in [1.82, 2.24) is 0 Å². The molecule has 1 heterocycles. The number of carbonyl (C=O) groups is 1. The molecule has 0 saturated heterocycles. The van der Waals surface area contributed by atoms with Gasteiger partial charge in [0.25, 0.3) is 0 Å². The highest BCUT2D eigenvalue weighted by molar-refractivity contribution is 5.80. The van der Waals surface area contributed by atoms with Gasteiger partial charge in [-0.2, -0.15) is 0 Å². The molecular formula is C14H26N2O2. The minimum atomic E-state index is -0.105. The van der Waals surface area contributed by atoms with Gasteiger partial charge in [0, 0.05) is 6.42 Å². The molecule has 0 unspecified atom stereocenters. The molecule has 0 aromatic heterocycles. The molecule has 0 aliphatic carbocycles. The van der Waals surface area contributed by atoms with Gasteiger partial charge in [-0.1, -0.05) is 26.2 Å². The van der Waals surface area contributed by atoms with Crippen molar-refractivity contribution in [2.24, 2.45) is 16.6 Å². The van der Waals surface area contributed by atoms with Crippen LogP contribution in [0.25, 0.3) is 0 Å². The fourth-order valence-corrected chi connectivity index (χ4v) is 2.41. The smallest absolute Gasteiger partial charge is 0.308 e. The van der Waals surface area contributed by atoms with E-state index in [1.165, 1.54) is 20.0 Å². The van der Waals surface area contributed by atoms with Crippen LogP contribution in [0, 0.1) is 5.92 Å². The van der Waals surface area contributed by atoms with E-state index in [-0.39, 0.29) is 11.9 Å². The third-order valence-corrected chi connectivity index (χ3v) is 3.60. The van der Waals surface area contributed by atoms with E-state index in [9.17, 15) is 4.79 Å². The summed E-state index contributed by atoms with van der Waals surface area (Å²) in [6.07, 6.45) is 8.68. The number of unbranched alkanes of at least 4 members (excludes halogenated alkanes) is 1. The van der Waals surface area contributed by atoms with Crippen molar-refractivity contribution < 1.29 is 9.53 Å². The number of aliphatic imine (C=N–C) groups is 1. The second-order valence-electron chi connectivity index (χ2n) is 5.23. The van der Waals surface area contributed by atoms with E-state index in [1.54, 1.807) is 0 Å². The van der Waals surface area contributed by atoms with Crippen molar-refractivity contribution >= 4 is 11.8 Å². The first-order valence-corrected chi connectivity index (χ1v) is 7.03. The van der Waals surface area contributed by atoms with E-state index in [0.717, 1.165) is 44.4 Å². The molecule has 0 aromatic carbocycles. The molecule has 1 aliphatic heterocycles. The molecule has 1 aliphatic rings. The van der Waals surface area contributed by atoms with Gasteiger partial charge >= 0.3 is 5.97 Å². The zero-order valence-electron chi connectivity index (χ0n) is 11.7. The Bertz CT molecular complexity index is 290. The van der Waals surface area contributed by atoms with Gasteiger partial charge in [-0.15, -0.1) is 0 Å². The van der Waals surface area contributed by atoms with Crippen molar-refractivity contribution in [3.05, 3.63) is 0 Å². The molecule has 104 valence electrons. The summed E-state index contributed by atoms with van der Waals surface area (Å²) in [5.74, 6) is 0.727. The largest absolute Gasteiger partial charge is 0.469 e. The SMILES string of the molecule is COC(=O)[C@H](C)CCCC[C@H]1CCCCC(N)=N1. The van der Waals surface area contributed by atoms with Crippen LogP contribution in [-0.2, 0) is 9.53 Å². The average Bonchev–Trinajstić information content (AvgIpc) is 2.57. The zero-order chi connectivity index (χ0) is 13.4. The number of hydrogen-bond donors (Lipinski definition) is 1. The number of methoxy groups -OCH3 is 1. The molecule has 18 heavy (non-hydrogen) atoms. The van der Waals surface area contributed by atoms with Crippen LogP contribution in [0.1, 0.15) is 58.3 Å². The number of hydrogen-bond acceptors (Lipinski definition) is 4. The third kappa shape index (κ3) is 5.52. The normalized spacial score (nSPS) is 21.9. The van der Waals surface area contributed by atoms with E-state index < -0.39 is 0 Å². The first kappa shape index (κ1) is 15.0. The molecule has 4 nitrogen and oxygen atoms in total. The van der Waals surface area contributed by atoms with Crippen molar-refractivity contribution in [1.29, 1.82) is 0 Å². The first-order valence-electron chi connectivity index (χ1n) is 7.03. The molecule has 0 fully saturated rings. The van der Waals surface area contributed by atoms with Crippen molar-refractivity contribution in [3.8, 4) is 0 Å². The number of rotatable bonds is 6. The van der Waals surface area contributed by atoms with E-state index in [2.05, 4.69) is 4.99 Å². The first-order chi connectivity index (χ1) is 8.63. The molecule has 4 heteroatoms. The third-order valence-electron chi connectivity index (χ3n) is 3.60. The standard InChI is InChI=1S/C14H26N2O2/c1-11(14(17)18-2)7-3-4-8-12-9-5-6-10-13(15)16-12/h11-12H,3-10H2,1-2H3,(H2,15,16)/t11-,12+/m1/s1. The minimum Gasteiger partial charge on any atom is -0.469 e. The van der Waals surface area contributed by atoms with E-state index in [1.807, 2.05) is 6.92 Å². The van der Waals surface area contributed by atoms with Crippen LogP contribution in [-0.4, -0.2) is 25.0 Å². The maximum Gasteiger partial charge on any atom is 0.308 e. The summed E-state index contributed by atoms with van der Waals surface area (Å²) in [5, 5.41) is 0. The predicted octanol–water partition coefficient (Wildman–Crippen LogP) is 2.66. The Balaban J connectivity index is 2.17. The van der Waals surface area contributed by atoms with Crippen LogP contribution >= 0.6 is 0 Å². The molecule has 2 N–H and O–H groups in total. The Labute approximate surface area is 110 Å². The van der Waals surface area contributed by atoms with Crippen molar-refractivity contribution in [3.63, 3.8) is 0 Å². The Morgan fingerprint density at radius 1 is 1.50 bits per heavy atom. The summed E-state index contributed by atoms with van der Waals surface area (Å²) in [5.41, 5.74) is 5.82. The van der Waals surface area contributed by atoms with E-state index in [4.69, 9.17) is 10.5 Å². The van der Waals surface area contributed by atoms with Gasteiger partial charge in [0.1, 0.15) is 0 Å². The molecule has 0 amide bonds. The zero-order valence-corrected chi connectivity index (χ0v) is 11.7. The second kappa shape index (κ2) is 8.11. The van der Waals surface area contributed by atoms with Crippen molar-refractivity contribution in [2.75, 3.05) is 7.11 Å². The predicted molar refractivity (Wildman–Crippen MR) is 73.5 cm³/mol. The monoisotopic (exact) mass is 254 g/mol. The van der Waals surface area contributed by atoms with Crippen molar-refractivity contribution in [2.45, 2.75) is 64.3 Å². The van der Waals surface area contributed by atoms with Crippen LogP contribution < -0.4 is 5.73 Å². The van der Waals surface area contributed by atoms with Crippen LogP contribution in [0.2, 0.25) is 0 Å². The molecule has 0 spiro atoms.